The lowest BCUT2D eigenvalue weighted by atomic mass is 9.91. The second kappa shape index (κ2) is 11.8. The third-order valence-corrected chi connectivity index (χ3v) is 7.80. The smallest absolute Gasteiger partial charge is 0.420 e. The van der Waals surface area contributed by atoms with Crippen molar-refractivity contribution >= 4 is 29.4 Å². The van der Waals surface area contributed by atoms with Crippen LogP contribution in [0, 0.1) is 0 Å². The van der Waals surface area contributed by atoms with Gasteiger partial charge >= 0.3 is 12.2 Å². The number of fused-ring (bicyclic) bond motifs is 2. The maximum Gasteiger partial charge on any atom is 0.420 e. The number of nitrogens with zero attached hydrogens (tertiary/aromatic N) is 5. The number of amides is 2. The molecule has 0 spiro atoms. The van der Waals surface area contributed by atoms with E-state index in [1.165, 1.54) is 4.90 Å². The molecule has 3 aromatic rings. The first-order valence-corrected chi connectivity index (χ1v) is 15.4. The van der Waals surface area contributed by atoms with Gasteiger partial charge in [0, 0.05) is 55.7 Å². The van der Waals surface area contributed by atoms with Crippen molar-refractivity contribution in [1.82, 2.24) is 14.9 Å². The largest absolute Gasteiger partial charge is 0.486 e. The zero-order valence-electron chi connectivity index (χ0n) is 26.8. The molecule has 0 unspecified atom stereocenters. The quantitative estimate of drug-likeness (QED) is 0.337. The summed E-state index contributed by atoms with van der Waals surface area (Å²) >= 11 is 0. The molecule has 0 aliphatic carbocycles. The first-order chi connectivity index (χ1) is 21.4. The van der Waals surface area contributed by atoms with E-state index in [4.69, 9.17) is 23.9 Å². The summed E-state index contributed by atoms with van der Waals surface area (Å²) < 4.78 is 23.3. The van der Waals surface area contributed by atoms with Gasteiger partial charge in [0.15, 0.2) is 5.82 Å². The number of hydrogen-bond acceptors (Lipinski definition) is 9. The maximum absolute atomic E-state index is 13.9. The minimum absolute atomic E-state index is 0.177. The van der Waals surface area contributed by atoms with Crippen molar-refractivity contribution in [3.8, 4) is 17.0 Å². The molecule has 3 aliphatic rings. The van der Waals surface area contributed by atoms with Gasteiger partial charge in [-0.1, -0.05) is 0 Å². The predicted molar refractivity (Wildman–Crippen MR) is 170 cm³/mol. The van der Waals surface area contributed by atoms with E-state index < -0.39 is 17.3 Å². The average Bonchev–Trinajstić information content (AvgIpc) is 3.11. The zero-order chi connectivity index (χ0) is 31.9. The summed E-state index contributed by atoms with van der Waals surface area (Å²) in [5, 5.41) is 0. The fraction of sp³-hybridized carbons (Fsp3) is 0.471. The first kappa shape index (κ1) is 30.6. The number of carbonyl (C=O) groups is 2. The lowest BCUT2D eigenvalue weighted by molar-refractivity contribution is 0.00817. The molecule has 0 radical (unpaired) electrons. The predicted octanol–water partition coefficient (Wildman–Crippen LogP) is 6.28. The minimum Gasteiger partial charge on any atom is -0.486 e. The highest BCUT2D eigenvalue weighted by Gasteiger charge is 2.36. The van der Waals surface area contributed by atoms with Gasteiger partial charge < -0.3 is 28.7 Å². The molecule has 0 atom stereocenters. The van der Waals surface area contributed by atoms with Gasteiger partial charge in [-0.3, -0.25) is 4.98 Å². The molecule has 238 valence electrons. The van der Waals surface area contributed by atoms with E-state index in [1.54, 1.807) is 17.3 Å². The van der Waals surface area contributed by atoms with E-state index in [-0.39, 0.29) is 18.6 Å². The molecule has 11 nitrogen and oxygen atoms in total. The molecule has 2 saturated heterocycles. The van der Waals surface area contributed by atoms with Crippen LogP contribution in [0.4, 0.5) is 26.8 Å². The van der Waals surface area contributed by atoms with Gasteiger partial charge in [0.2, 0.25) is 0 Å². The summed E-state index contributed by atoms with van der Waals surface area (Å²) in [6, 6.07) is 11.7. The number of aromatic nitrogens is 2. The number of anilines is 3. The lowest BCUT2D eigenvalue weighted by Crippen LogP contribution is -2.50. The van der Waals surface area contributed by atoms with Crippen molar-refractivity contribution < 1.29 is 28.5 Å². The lowest BCUT2D eigenvalue weighted by Gasteiger charge is -2.40. The number of carbonyl (C=O) groups excluding carboxylic acids is 2. The minimum atomic E-state index is -0.726. The fourth-order valence-electron chi connectivity index (χ4n) is 5.66. The highest BCUT2D eigenvalue weighted by atomic mass is 16.6. The van der Waals surface area contributed by atoms with Gasteiger partial charge in [-0.25, -0.2) is 19.5 Å². The molecule has 2 aromatic heterocycles. The van der Waals surface area contributed by atoms with Gasteiger partial charge in [0.05, 0.1) is 30.2 Å². The maximum atomic E-state index is 13.9. The zero-order valence-corrected chi connectivity index (χ0v) is 26.8. The Morgan fingerprint density at radius 1 is 0.844 bits per heavy atom. The Balaban J connectivity index is 1.33. The number of morpholine rings is 1. The highest BCUT2D eigenvalue weighted by Crippen LogP contribution is 2.44. The summed E-state index contributed by atoms with van der Waals surface area (Å²) in [6.45, 7) is 15.3. The SMILES string of the molecule is CC(C)(C)OC(=O)N1CC(c2ccnc(-c3ccc4c(c3)N(C(=O)OC(C)(C)C)c3nccc(N5CCOCC5)c3CO4)c2)C1. The molecule has 0 N–H and O–H groups in total. The summed E-state index contributed by atoms with van der Waals surface area (Å²) in [6.07, 6.45) is 2.66. The Hall–Kier alpha value is -4.38. The molecule has 1 aromatic carbocycles. The Bertz CT molecular complexity index is 1580. The van der Waals surface area contributed by atoms with Crippen molar-refractivity contribution in [2.24, 2.45) is 0 Å². The molecule has 45 heavy (non-hydrogen) atoms. The number of benzene rings is 1. The molecule has 2 fully saturated rings. The molecular formula is C34H41N5O6. The van der Waals surface area contributed by atoms with Crippen molar-refractivity contribution in [2.45, 2.75) is 65.3 Å². The van der Waals surface area contributed by atoms with Crippen LogP contribution in [-0.2, 0) is 20.8 Å². The number of hydrogen-bond donors (Lipinski definition) is 0. The van der Waals surface area contributed by atoms with Gasteiger partial charge in [-0.05, 0) is 83.5 Å². The van der Waals surface area contributed by atoms with Crippen LogP contribution in [0.3, 0.4) is 0 Å². The topological polar surface area (TPSA) is 107 Å². The van der Waals surface area contributed by atoms with Crippen molar-refractivity contribution in [1.29, 1.82) is 0 Å². The van der Waals surface area contributed by atoms with E-state index in [1.807, 2.05) is 77.9 Å². The number of pyridine rings is 2. The molecule has 2 amide bonds. The van der Waals surface area contributed by atoms with E-state index in [0.29, 0.717) is 43.6 Å². The van der Waals surface area contributed by atoms with Crippen LogP contribution in [0.2, 0.25) is 0 Å². The molecule has 11 heteroatoms. The Morgan fingerprint density at radius 2 is 1.53 bits per heavy atom. The van der Waals surface area contributed by atoms with Crippen LogP contribution < -0.4 is 14.5 Å². The summed E-state index contributed by atoms with van der Waals surface area (Å²) in [5.74, 6) is 1.19. The number of ether oxygens (including phenoxy) is 4. The normalized spacial score (nSPS) is 17.0. The highest BCUT2D eigenvalue weighted by molar-refractivity contribution is 5.99. The molecule has 0 saturated carbocycles. The first-order valence-electron chi connectivity index (χ1n) is 15.4. The summed E-state index contributed by atoms with van der Waals surface area (Å²) in [7, 11) is 0. The second-order valence-corrected chi connectivity index (χ2v) is 13.6. The molecular weight excluding hydrogens is 574 g/mol. The summed E-state index contributed by atoms with van der Waals surface area (Å²) in [5.41, 5.74) is 3.67. The number of rotatable bonds is 3. The Morgan fingerprint density at radius 3 is 2.24 bits per heavy atom. The number of likely N-dealkylation sites (tertiary alicyclic amines) is 1. The molecule has 6 rings (SSSR count). The van der Waals surface area contributed by atoms with Gasteiger partial charge in [0.25, 0.3) is 0 Å². The second-order valence-electron chi connectivity index (χ2n) is 13.6. The van der Waals surface area contributed by atoms with E-state index in [9.17, 15) is 9.59 Å². The Kier molecular flexibility index (Phi) is 8.07. The van der Waals surface area contributed by atoms with Crippen molar-refractivity contribution in [3.05, 3.63) is 59.9 Å². The van der Waals surface area contributed by atoms with Crippen LogP contribution in [0.5, 0.6) is 5.75 Å². The van der Waals surface area contributed by atoms with Gasteiger partial charge in [0.1, 0.15) is 23.6 Å². The Labute approximate surface area is 264 Å². The van der Waals surface area contributed by atoms with Crippen LogP contribution in [0.1, 0.15) is 58.6 Å². The van der Waals surface area contributed by atoms with Crippen molar-refractivity contribution in [2.75, 3.05) is 49.2 Å². The fourth-order valence-corrected chi connectivity index (χ4v) is 5.66. The summed E-state index contributed by atoms with van der Waals surface area (Å²) in [4.78, 5) is 41.2. The van der Waals surface area contributed by atoms with Gasteiger partial charge in [-0.15, -0.1) is 0 Å². The third-order valence-electron chi connectivity index (χ3n) is 7.80. The van der Waals surface area contributed by atoms with Crippen LogP contribution in [-0.4, -0.2) is 77.6 Å². The molecule has 3 aliphatic heterocycles. The molecule has 0 bridgehead atoms. The van der Waals surface area contributed by atoms with E-state index in [2.05, 4.69) is 9.88 Å². The van der Waals surface area contributed by atoms with Crippen LogP contribution in [0.15, 0.2) is 48.8 Å². The standard InChI is InChI=1S/C34H41N5O6/c1-33(2,3)44-31(40)38-19-24(20-38)22-9-11-35-26(17-22)23-7-8-29-28(18-23)39(32(41)45-34(4,5)6)30-25(21-43-29)27(10-12-36-30)37-13-15-42-16-14-37/h7-12,17-18,24H,13-16,19-21H2,1-6H3. The monoisotopic (exact) mass is 615 g/mol. The van der Waals surface area contributed by atoms with Crippen molar-refractivity contribution in [3.63, 3.8) is 0 Å². The molecule has 5 heterocycles. The van der Waals surface area contributed by atoms with E-state index >= 15 is 0 Å². The van der Waals surface area contributed by atoms with Crippen LogP contribution in [0.25, 0.3) is 11.3 Å². The average molecular weight is 616 g/mol. The third kappa shape index (κ3) is 6.68. The van der Waals surface area contributed by atoms with Crippen LogP contribution >= 0.6 is 0 Å². The van der Waals surface area contributed by atoms with Gasteiger partial charge in [-0.2, -0.15) is 0 Å². The van der Waals surface area contributed by atoms with E-state index in [0.717, 1.165) is 41.2 Å².